The number of hydrogen-bond acceptors (Lipinski definition) is 1. The summed E-state index contributed by atoms with van der Waals surface area (Å²) < 4.78 is 0. The molecule has 18 heavy (non-hydrogen) atoms. The quantitative estimate of drug-likeness (QED) is 0.854. The zero-order valence-corrected chi connectivity index (χ0v) is 11.5. The molecule has 0 unspecified atom stereocenters. The van der Waals surface area contributed by atoms with Crippen molar-refractivity contribution in [3.05, 3.63) is 34.9 Å². The van der Waals surface area contributed by atoms with E-state index >= 15 is 0 Å². The van der Waals surface area contributed by atoms with Gasteiger partial charge < -0.3 is 5.11 Å². The summed E-state index contributed by atoms with van der Waals surface area (Å²) >= 11 is 0. The molecule has 1 aromatic rings. The van der Waals surface area contributed by atoms with Crippen molar-refractivity contribution in [2.75, 3.05) is 0 Å². The van der Waals surface area contributed by atoms with E-state index in [4.69, 9.17) is 0 Å². The molecule has 98 valence electrons. The lowest BCUT2D eigenvalue weighted by Crippen LogP contribution is -2.32. The molecule has 2 rings (SSSR count). The van der Waals surface area contributed by atoms with Crippen molar-refractivity contribution in [2.24, 2.45) is 5.41 Å². The van der Waals surface area contributed by atoms with Gasteiger partial charge in [0, 0.05) is 0 Å². The standard InChI is InChI=1S/C16H22O2/c1-11-4-5-14(12(2)10-11)13-6-8-16(3,9-7-13)15(17)18/h4-5,10,13H,6-9H2,1-3H3,(H,17,18). The third-order valence-corrected chi connectivity index (χ3v) is 4.47. The average Bonchev–Trinajstić information content (AvgIpc) is 2.31. The van der Waals surface area contributed by atoms with Crippen LogP contribution < -0.4 is 0 Å². The first kappa shape index (κ1) is 13.1. The predicted molar refractivity (Wildman–Crippen MR) is 72.9 cm³/mol. The van der Waals surface area contributed by atoms with Gasteiger partial charge in [-0.3, -0.25) is 4.79 Å². The Balaban J connectivity index is 2.12. The summed E-state index contributed by atoms with van der Waals surface area (Å²) in [6, 6.07) is 6.60. The van der Waals surface area contributed by atoms with E-state index in [0.717, 1.165) is 25.7 Å². The Morgan fingerprint density at radius 1 is 1.28 bits per heavy atom. The molecule has 0 aliphatic heterocycles. The number of benzene rings is 1. The van der Waals surface area contributed by atoms with Crippen LogP contribution in [0.5, 0.6) is 0 Å². The molecule has 0 aromatic heterocycles. The highest BCUT2D eigenvalue weighted by atomic mass is 16.4. The van der Waals surface area contributed by atoms with Crippen LogP contribution in [-0.2, 0) is 4.79 Å². The van der Waals surface area contributed by atoms with Crippen LogP contribution in [0.25, 0.3) is 0 Å². The molecule has 0 radical (unpaired) electrons. The molecular weight excluding hydrogens is 224 g/mol. The Morgan fingerprint density at radius 3 is 2.39 bits per heavy atom. The number of aliphatic carboxylic acids is 1. The molecule has 1 N–H and O–H groups in total. The van der Waals surface area contributed by atoms with Crippen molar-refractivity contribution >= 4 is 5.97 Å². The van der Waals surface area contributed by atoms with E-state index in [2.05, 4.69) is 32.0 Å². The minimum atomic E-state index is -0.637. The van der Waals surface area contributed by atoms with Crippen molar-refractivity contribution in [3.8, 4) is 0 Å². The average molecular weight is 246 g/mol. The smallest absolute Gasteiger partial charge is 0.309 e. The van der Waals surface area contributed by atoms with Crippen LogP contribution in [0.3, 0.4) is 0 Å². The first-order chi connectivity index (χ1) is 8.42. The number of hydrogen-bond donors (Lipinski definition) is 1. The fourth-order valence-electron chi connectivity index (χ4n) is 3.06. The number of carboxylic acid groups (broad SMARTS) is 1. The number of carboxylic acids is 1. The summed E-state index contributed by atoms with van der Waals surface area (Å²) in [4.78, 5) is 11.2. The van der Waals surface area contributed by atoms with E-state index in [1.165, 1.54) is 16.7 Å². The van der Waals surface area contributed by atoms with Gasteiger partial charge in [0.15, 0.2) is 0 Å². The molecule has 0 heterocycles. The van der Waals surface area contributed by atoms with E-state index in [0.29, 0.717) is 5.92 Å². The largest absolute Gasteiger partial charge is 0.481 e. The molecule has 1 saturated carbocycles. The normalized spacial score (nSPS) is 28.1. The highest BCUT2D eigenvalue weighted by Crippen LogP contribution is 2.43. The second kappa shape index (κ2) is 4.75. The predicted octanol–water partition coefficient (Wildman–Crippen LogP) is 4.05. The lowest BCUT2D eigenvalue weighted by molar-refractivity contribution is -0.149. The molecule has 0 bridgehead atoms. The molecule has 2 heteroatoms. The minimum absolute atomic E-state index is 0.505. The van der Waals surface area contributed by atoms with Crippen molar-refractivity contribution < 1.29 is 9.90 Å². The summed E-state index contributed by atoms with van der Waals surface area (Å²) in [5.41, 5.74) is 3.55. The highest BCUT2D eigenvalue weighted by Gasteiger charge is 2.37. The lowest BCUT2D eigenvalue weighted by atomic mass is 9.69. The third-order valence-electron chi connectivity index (χ3n) is 4.47. The molecule has 1 aromatic carbocycles. The maximum Gasteiger partial charge on any atom is 0.309 e. The van der Waals surface area contributed by atoms with Crippen LogP contribution in [-0.4, -0.2) is 11.1 Å². The fourth-order valence-corrected chi connectivity index (χ4v) is 3.06. The molecule has 0 saturated heterocycles. The topological polar surface area (TPSA) is 37.3 Å². The van der Waals surface area contributed by atoms with Gasteiger partial charge in [0.1, 0.15) is 0 Å². The second-order valence-electron chi connectivity index (χ2n) is 6.00. The Hall–Kier alpha value is -1.31. The molecule has 2 nitrogen and oxygen atoms in total. The number of carbonyl (C=O) groups is 1. The van der Waals surface area contributed by atoms with Gasteiger partial charge in [0.05, 0.1) is 5.41 Å². The van der Waals surface area contributed by atoms with Gasteiger partial charge in [-0.25, -0.2) is 0 Å². The van der Waals surface area contributed by atoms with Gasteiger partial charge in [-0.1, -0.05) is 23.8 Å². The summed E-state index contributed by atoms with van der Waals surface area (Å²) in [5, 5.41) is 9.25. The van der Waals surface area contributed by atoms with Crippen molar-refractivity contribution in [2.45, 2.75) is 52.4 Å². The minimum Gasteiger partial charge on any atom is -0.481 e. The lowest BCUT2D eigenvalue weighted by Gasteiger charge is -2.34. The molecule has 0 amide bonds. The summed E-state index contributed by atoms with van der Waals surface area (Å²) in [5.74, 6) is -0.0976. The molecule has 0 atom stereocenters. The highest BCUT2D eigenvalue weighted by molar-refractivity contribution is 5.74. The zero-order chi connectivity index (χ0) is 13.3. The number of aryl methyl sites for hydroxylation is 2. The second-order valence-corrected chi connectivity index (χ2v) is 6.00. The third kappa shape index (κ3) is 2.43. The van der Waals surface area contributed by atoms with Crippen LogP contribution in [0.1, 0.15) is 55.2 Å². The van der Waals surface area contributed by atoms with Crippen LogP contribution in [0.15, 0.2) is 18.2 Å². The molecule has 1 fully saturated rings. The van der Waals surface area contributed by atoms with Crippen molar-refractivity contribution in [1.82, 2.24) is 0 Å². The van der Waals surface area contributed by atoms with E-state index in [1.54, 1.807) is 0 Å². The van der Waals surface area contributed by atoms with E-state index < -0.39 is 11.4 Å². The van der Waals surface area contributed by atoms with Gasteiger partial charge in [0.25, 0.3) is 0 Å². The summed E-state index contributed by atoms with van der Waals surface area (Å²) in [7, 11) is 0. The summed E-state index contributed by atoms with van der Waals surface area (Å²) in [6.07, 6.45) is 3.57. The van der Waals surface area contributed by atoms with E-state index in [-0.39, 0.29) is 0 Å². The SMILES string of the molecule is Cc1ccc(C2CCC(C)(C(=O)O)CC2)c(C)c1. The molecule has 1 aliphatic rings. The molecular formula is C16H22O2. The van der Waals surface area contributed by atoms with E-state index in [1.807, 2.05) is 6.92 Å². The monoisotopic (exact) mass is 246 g/mol. The first-order valence-corrected chi connectivity index (χ1v) is 6.73. The van der Waals surface area contributed by atoms with Crippen LogP contribution >= 0.6 is 0 Å². The maximum absolute atomic E-state index is 11.2. The Morgan fingerprint density at radius 2 is 1.89 bits per heavy atom. The maximum atomic E-state index is 11.2. The van der Waals surface area contributed by atoms with Gasteiger partial charge >= 0.3 is 5.97 Å². The van der Waals surface area contributed by atoms with Crippen LogP contribution in [0.2, 0.25) is 0 Å². The Labute approximate surface area is 109 Å². The Kier molecular flexibility index (Phi) is 3.47. The zero-order valence-electron chi connectivity index (χ0n) is 11.5. The van der Waals surface area contributed by atoms with Gasteiger partial charge in [-0.05, 0) is 63.5 Å². The molecule has 0 spiro atoms. The van der Waals surface area contributed by atoms with Gasteiger partial charge in [-0.2, -0.15) is 0 Å². The van der Waals surface area contributed by atoms with Crippen molar-refractivity contribution in [3.63, 3.8) is 0 Å². The van der Waals surface area contributed by atoms with E-state index in [9.17, 15) is 9.90 Å². The van der Waals surface area contributed by atoms with Gasteiger partial charge in [-0.15, -0.1) is 0 Å². The van der Waals surface area contributed by atoms with Gasteiger partial charge in [0.2, 0.25) is 0 Å². The van der Waals surface area contributed by atoms with Crippen LogP contribution in [0.4, 0.5) is 0 Å². The Bertz CT molecular complexity index is 454. The fraction of sp³-hybridized carbons (Fsp3) is 0.562. The van der Waals surface area contributed by atoms with Crippen molar-refractivity contribution in [1.29, 1.82) is 0 Å². The first-order valence-electron chi connectivity index (χ1n) is 6.73. The summed E-state index contributed by atoms with van der Waals surface area (Å²) in [6.45, 7) is 6.15. The van der Waals surface area contributed by atoms with Crippen LogP contribution in [0, 0.1) is 19.3 Å². The molecule has 1 aliphatic carbocycles. The number of rotatable bonds is 2.